The molecule has 0 saturated heterocycles. The first-order valence-corrected chi connectivity index (χ1v) is 17.4. The SMILES string of the molecule is CCN(CCOC(=O)NCCC(C)(C)CC(C)CNC(=O)Nc1nc(=O)cc(C)[nH]1)c1ccc(/N=C2\C=C(NC(=O)OC)C(=O)C(Cl)=C2C)c(C)c1. The number of anilines is 2. The molecule has 1 aromatic heterocycles. The Hall–Kier alpha value is -5.18. The standard InChI is InChI=1S/C36H49ClN8O7/c1-9-45(25-10-11-26(22(3)16-25)41-27-18-28(42-35(50)51-8)31(47)30(37)24(27)5)14-15-52-34(49)38-13-12-36(6,7)19-21(2)20-39-33(48)44-32-40-23(4)17-29(46)43-32/h10-11,16-18,21H,9,12-15,19-20H2,1-8H3,(H,38,49)(H,42,50)(H3,39,40,43,44,46,48)/b41-27+. The number of ketones is 1. The van der Waals surface area contributed by atoms with Crippen molar-refractivity contribution in [2.75, 3.05) is 50.1 Å². The smallest absolute Gasteiger partial charge is 0.411 e. The van der Waals surface area contributed by atoms with Crippen LogP contribution >= 0.6 is 11.6 Å². The molecule has 2 aromatic rings. The van der Waals surface area contributed by atoms with Crippen molar-refractivity contribution in [3.63, 3.8) is 0 Å². The van der Waals surface area contributed by atoms with Gasteiger partial charge in [-0.15, -0.1) is 0 Å². The van der Waals surface area contributed by atoms with Gasteiger partial charge in [0.05, 0.1) is 35.8 Å². The summed E-state index contributed by atoms with van der Waals surface area (Å²) in [7, 11) is 1.20. The van der Waals surface area contributed by atoms with E-state index in [2.05, 4.69) is 54.7 Å². The molecule has 1 aliphatic rings. The van der Waals surface area contributed by atoms with Gasteiger partial charge in [0.2, 0.25) is 11.7 Å². The minimum Gasteiger partial charge on any atom is -0.453 e. The number of methoxy groups -OCH3 is 1. The molecule has 1 unspecified atom stereocenters. The summed E-state index contributed by atoms with van der Waals surface area (Å²) in [5.74, 6) is -0.280. The average molecular weight is 741 g/mol. The van der Waals surface area contributed by atoms with Gasteiger partial charge in [0.25, 0.3) is 5.56 Å². The maximum Gasteiger partial charge on any atom is 0.411 e. The average Bonchev–Trinajstić information content (AvgIpc) is 3.06. The fraction of sp³-hybridized carbons (Fsp3) is 0.472. The van der Waals surface area contributed by atoms with Gasteiger partial charge in [0, 0.05) is 37.1 Å². The first-order chi connectivity index (χ1) is 24.5. The molecular formula is C36H49ClN8O7. The highest BCUT2D eigenvalue weighted by atomic mass is 35.5. The summed E-state index contributed by atoms with van der Waals surface area (Å²) in [4.78, 5) is 73.8. The number of alkyl carbamates (subject to hydrolysis) is 2. The first-order valence-electron chi connectivity index (χ1n) is 17.0. The third-order valence-corrected chi connectivity index (χ3v) is 8.77. The van der Waals surface area contributed by atoms with Crippen LogP contribution < -0.4 is 31.7 Å². The number of nitrogens with one attached hydrogen (secondary N) is 5. The summed E-state index contributed by atoms with van der Waals surface area (Å²) in [5, 5.41) is 10.5. The number of aliphatic imine (C=N–C) groups is 1. The number of hydrogen-bond acceptors (Lipinski definition) is 10. The zero-order valence-corrected chi connectivity index (χ0v) is 31.7. The number of Topliss-reactive ketones (excluding diaryl/α,β-unsaturated/α-hetero) is 1. The van der Waals surface area contributed by atoms with Crippen molar-refractivity contribution in [1.82, 2.24) is 25.9 Å². The van der Waals surface area contributed by atoms with Crippen molar-refractivity contribution < 1.29 is 28.7 Å². The monoisotopic (exact) mass is 740 g/mol. The van der Waals surface area contributed by atoms with Crippen molar-refractivity contribution in [2.45, 2.75) is 61.3 Å². The number of allylic oxidation sites excluding steroid dienone is 3. The number of benzene rings is 1. The third kappa shape index (κ3) is 12.5. The van der Waals surface area contributed by atoms with E-state index < -0.39 is 29.6 Å². The quantitative estimate of drug-likeness (QED) is 0.144. The van der Waals surface area contributed by atoms with Crippen LogP contribution in [0.15, 0.2) is 56.4 Å². The van der Waals surface area contributed by atoms with Crippen LogP contribution in [0, 0.1) is 25.2 Å². The second-order valence-corrected chi connectivity index (χ2v) is 13.7. The number of halogens is 1. The number of amides is 4. The van der Waals surface area contributed by atoms with Gasteiger partial charge in [-0.2, -0.15) is 4.98 Å². The van der Waals surface area contributed by atoms with Crippen LogP contribution in [0.25, 0.3) is 0 Å². The van der Waals surface area contributed by atoms with E-state index in [1.165, 1.54) is 19.3 Å². The lowest BCUT2D eigenvalue weighted by atomic mass is 9.80. The second-order valence-electron chi connectivity index (χ2n) is 13.4. The van der Waals surface area contributed by atoms with E-state index in [1.807, 2.05) is 39.0 Å². The van der Waals surface area contributed by atoms with Gasteiger partial charge in [-0.05, 0) is 87.3 Å². The Morgan fingerprint density at radius 2 is 1.81 bits per heavy atom. The number of nitrogens with zero attached hydrogens (tertiary/aromatic N) is 3. The van der Waals surface area contributed by atoms with Gasteiger partial charge in [-0.3, -0.25) is 20.2 Å². The van der Waals surface area contributed by atoms with Gasteiger partial charge in [-0.25, -0.2) is 19.4 Å². The van der Waals surface area contributed by atoms with Crippen LogP contribution in [0.2, 0.25) is 0 Å². The number of likely N-dealkylation sites (N-methyl/N-ethyl adjacent to an activating group) is 1. The number of H-pyrrole nitrogens is 1. The van der Waals surface area contributed by atoms with Gasteiger partial charge < -0.3 is 30.0 Å². The van der Waals surface area contributed by atoms with Crippen molar-refractivity contribution in [3.8, 4) is 0 Å². The van der Waals surface area contributed by atoms with Crippen molar-refractivity contribution in [2.24, 2.45) is 16.3 Å². The number of aromatic nitrogens is 2. The predicted molar refractivity (Wildman–Crippen MR) is 201 cm³/mol. The zero-order chi connectivity index (χ0) is 38.6. The predicted octanol–water partition coefficient (Wildman–Crippen LogP) is 5.61. The second kappa shape index (κ2) is 18.9. The minimum absolute atomic E-state index is 0.0278. The molecule has 5 N–H and O–H groups in total. The Morgan fingerprint density at radius 1 is 1.08 bits per heavy atom. The van der Waals surface area contributed by atoms with Crippen LogP contribution in [-0.4, -0.2) is 79.6 Å². The number of urea groups is 1. The molecule has 15 nitrogen and oxygen atoms in total. The molecular weight excluding hydrogens is 692 g/mol. The van der Waals surface area contributed by atoms with Gasteiger partial charge >= 0.3 is 18.2 Å². The highest BCUT2D eigenvalue weighted by Crippen LogP contribution is 2.30. The van der Waals surface area contributed by atoms with Crippen LogP contribution in [0.5, 0.6) is 0 Å². The van der Waals surface area contributed by atoms with Crippen molar-refractivity contribution in [1.29, 1.82) is 0 Å². The molecule has 0 aliphatic heterocycles. The zero-order valence-electron chi connectivity index (χ0n) is 31.0. The fourth-order valence-corrected chi connectivity index (χ4v) is 5.82. The van der Waals surface area contributed by atoms with E-state index in [-0.39, 0.29) is 34.6 Å². The largest absolute Gasteiger partial charge is 0.453 e. The summed E-state index contributed by atoms with van der Waals surface area (Å²) < 4.78 is 10.1. The van der Waals surface area contributed by atoms with Crippen LogP contribution in [-0.2, 0) is 14.3 Å². The summed E-state index contributed by atoms with van der Waals surface area (Å²) in [6.07, 6.45) is 1.69. The van der Waals surface area contributed by atoms with Gasteiger partial charge in [0.1, 0.15) is 6.61 Å². The van der Waals surface area contributed by atoms with Gasteiger partial charge in [0.15, 0.2) is 0 Å². The molecule has 52 heavy (non-hydrogen) atoms. The van der Waals surface area contributed by atoms with Crippen molar-refractivity contribution in [3.05, 3.63) is 68.3 Å². The Labute approximate surface area is 308 Å². The topological polar surface area (TPSA) is 196 Å². The number of rotatable bonds is 15. The Kier molecular flexibility index (Phi) is 15.0. The molecule has 0 radical (unpaired) electrons. The number of aryl methyl sites for hydroxylation is 2. The van der Waals surface area contributed by atoms with E-state index in [0.717, 1.165) is 17.7 Å². The van der Waals surface area contributed by atoms with Gasteiger partial charge in [-0.1, -0.05) is 32.4 Å². The lowest BCUT2D eigenvalue weighted by Crippen LogP contribution is -2.35. The number of ether oxygens (including phenoxy) is 2. The molecule has 1 atom stereocenters. The minimum atomic E-state index is -0.789. The fourth-order valence-electron chi connectivity index (χ4n) is 5.62. The first kappa shape index (κ1) is 41.2. The van der Waals surface area contributed by atoms with E-state index in [1.54, 1.807) is 13.8 Å². The van der Waals surface area contributed by atoms with E-state index >= 15 is 0 Å². The molecule has 3 rings (SSSR count). The van der Waals surface area contributed by atoms with E-state index in [0.29, 0.717) is 55.3 Å². The molecule has 0 spiro atoms. The molecule has 4 amide bonds. The Morgan fingerprint density at radius 3 is 2.46 bits per heavy atom. The highest BCUT2D eigenvalue weighted by Gasteiger charge is 2.26. The van der Waals surface area contributed by atoms with Crippen LogP contribution in [0.3, 0.4) is 0 Å². The maximum absolute atomic E-state index is 12.5. The molecule has 16 heteroatoms. The molecule has 0 saturated carbocycles. The normalized spacial score (nSPS) is 14.4. The molecule has 282 valence electrons. The van der Waals surface area contributed by atoms with Crippen LogP contribution in [0.1, 0.15) is 58.7 Å². The Balaban J connectivity index is 1.44. The summed E-state index contributed by atoms with van der Waals surface area (Å²) in [6, 6.07) is 6.63. The molecule has 0 bridgehead atoms. The van der Waals surface area contributed by atoms with E-state index in [9.17, 15) is 24.0 Å². The van der Waals surface area contributed by atoms with Crippen LogP contribution in [0.4, 0.5) is 31.7 Å². The lowest BCUT2D eigenvalue weighted by Gasteiger charge is -2.28. The van der Waals surface area contributed by atoms with E-state index in [4.69, 9.17) is 21.3 Å². The number of carbonyl (C=O) groups excluding carboxylic acids is 4. The highest BCUT2D eigenvalue weighted by molar-refractivity contribution is 6.49. The summed E-state index contributed by atoms with van der Waals surface area (Å²) >= 11 is 6.25. The third-order valence-electron chi connectivity index (χ3n) is 8.32. The van der Waals surface area contributed by atoms with Crippen molar-refractivity contribution >= 4 is 58.6 Å². The summed E-state index contributed by atoms with van der Waals surface area (Å²) in [5.41, 5.74) is 3.39. The summed E-state index contributed by atoms with van der Waals surface area (Å²) in [6.45, 7) is 15.7. The molecule has 1 aromatic carbocycles. The molecule has 1 heterocycles. The molecule has 1 aliphatic carbocycles. The number of hydrogen-bond donors (Lipinski definition) is 5. The Bertz CT molecular complexity index is 1800. The number of aromatic amines is 1. The maximum atomic E-state index is 12.5. The molecule has 0 fully saturated rings. The lowest BCUT2D eigenvalue weighted by molar-refractivity contribution is -0.112. The number of carbonyl (C=O) groups is 4.